The van der Waals surface area contributed by atoms with E-state index in [0.717, 1.165) is 51.4 Å². The van der Waals surface area contributed by atoms with Crippen LogP contribution >= 0.6 is 0 Å². The van der Waals surface area contributed by atoms with Crippen LogP contribution in [0.4, 0.5) is 0 Å². The van der Waals surface area contributed by atoms with Crippen molar-refractivity contribution in [3.8, 4) is 0 Å². The van der Waals surface area contributed by atoms with E-state index in [2.05, 4.69) is 19.2 Å². The Labute approximate surface area is 260 Å². The number of aliphatic hydroxyl groups excluding tert-OH is 6. The monoisotopic (exact) mass is 619 g/mol. The number of ether oxygens (including phenoxy) is 2. The van der Waals surface area contributed by atoms with Gasteiger partial charge in [-0.2, -0.15) is 0 Å². The molecule has 1 fully saturated rings. The van der Waals surface area contributed by atoms with Gasteiger partial charge in [-0.25, -0.2) is 0 Å². The molecule has 1 saturated heterocycles. The van der Waals surface area contributed by atoms with Crippen molar-refractivity contribution in [1.29, 1.82) is 0 Å². The largest absolute Gasteiger partial charge is 0.394 e. The maximum atomic E-state index is 12.8. The van der Waals surface area contributed by atoms with Crippen molar-refractivity contribution in [3.05, 3.63) is 0 Å². The highest BCUT2D eigenvalue weighted by Crippen LogP contribution is 2.23. The number of hydrogen-bond acceptors (Lipinski definition) is 9. The summed E-state index contributed by atoms with van der Waals surface area (Å²) in [4.78, 5) is 12.8. The normalized spacial score (nSPS) is 24.5. The van der Waals surface area contributed by atoms with Crippen LogP contribution in [0, 0.1) is 0 Å². The van der Waals surface area contributed by atoms with Crippen LogP contribution in [0.25, 0.3) is 0 Å². The number of nitrogens with one attached hydrogen (secondary N) is 1. The van der Waals surface area contributed by atoms with Gasteiger partial charge < -0.3 is 45.4 Å². The average Bonchev–Trinajstić information content (AvgIpc) is 3.00. The van der Waals surface area contributed by atoms with Gasteiger partial charge >= 0.3 is 0 Å². The highest BCUT2D eigenvalue weighted by molar-refractivity contribution is 5.76. The smallest absolute Gasteiger partial charge is 0.220 e. The maximum Gasteiger partial charge on any atom is 0.220 e. The Bertz CT molecular complexity index is 668. The van der Waals surface area contributed by atoms with Gasteiger partial charge in [0.2, 0.25) is 5.91 Å². The molecule has 1 heterocycles. The standard InChI is InChI=1S/C33H65NO9/c1-3-5-7-9-11-13-14-15-17-19-21-26(36)29(38)25(34-28(37)22-20-18-16-12-10-8-6-4-2)24-42-33-32(41)31(40)30(39)27(23-35)43-33/h25-27,29-33,35-36,38-41H,3-24H2,1-2H3,(H,34,37)/t25-,26+,27+,29-,30+,31?,32?,33+/m0/s1. The Morgan fingerprint density at radius 2 is 1.21 bits per heavy atom. The van der Waals surface area contributed by atoms with E-state index in [1.54, 1.807) is 0 Å². The fourth-order valence-corrected chi connectivity index (χ4v) is 5.61. The third-order valence-corrected chi connectivity index (χ3v) is 8.55. The lowest BCUT2D eigenvalue weighted by Crippen LogP contribution is -2.60. The second-order valence-corrected chi connectivity index (χ2v) is 12.5. The molecule has 10 nitrogen and oxygen atoms in total. The summed E-state index contributed by atoms with van der Waals surface area (Å²) in [5.41, 5.74) is 0. The number of rotatable bonds is 27. The van der Waals surface area contributed by atoms with Crippen molar-refractivity contribution < 1.29 is 44.9 Å². The van der Waals surface area contributed by atoms with Gasteiger partial charge in [0.1, 0.15) is 30.5 Å². The van der Waals surface area contributed by atoms with Gasteiger partial charge in [-0.05, 0) is 12.8 Å². The number of amides is 1. The van der Waals surface area contributed by atoms with E-state index < -0.39 is 55.6 Å². The first-order valence-corrected chi connectivity index (χ1v) is 17.3. The van der Waals surface area contributed by atoms with E-state index in [4.69, 9.17) is 9.47 Å². The predicted octanol–water partition coefficient (Wildman–Crippen LogP) is 3.85. The number of carbonyl (C=O) groups excluding carboxylic acids is 1. The first-order valence-electron chi connectivity index (χ1n) is 17.3. The molecule has 0 aliphatic carbocycles. The quantitative estimate of drug-likeness (QED) is 0.0675. The van der Waals surface area contributed by atoms with Crippen molar-refractivity contribution in [1.82, 2.24) is 5.32 Å². The number of hydrogen-bond donors (Lipinski definition) is 7. The minimum Gasteiger partial charge on any atom is -0.394 e. The maximum absolute atomic E-state index is 12.8. The zero-order valence-electron chi connectivity index (χ0n) is 27.1. The lowest BCUT2D eigenvalue weighted by atomic mass is 9.98. The Hall–Kier alpha value is -0.850. The Morgan fingerprint density at radius 1 is 0.721 bits per heavy atom. The molecule has 0 spiro atoms. The third-order valence-electron chi connectivity index (χ3n) is 8.55. The molecule has 10 heteroatoms. The topological polar surface area (TPSA) is 169 Å². The summed E-state index contributed by atoms with van der Waals surface area (Å²) in [5.74, 6) is -0.265. The van der Waals surface area contributed by atoms with Gasteiger partial charge in [0.15, 0.2) is 6.29 Å². The lowest BCUT2D eigenvalue weighted by Gasteiger charge is -2.40. The van der Waals surface area contributed by atoms with Crippen LogP contribution in [0.3, 0.4) is 0 Å². The van der Waals surface area contributed by atoms with E-state index >= 15 is 0 Å². The highest BCUT2D eigenvalue weighted by Gasteiger charge is 2.44. The third kappa shape index (κ3) is 17.4. The molecule has 43 heavy (non-hydrogen) atoms. The SMILES string of the molecule is CCCCCCCCCCCC[C@@H](O)[C@@H](O)[C@H](CO[C@@H]1O[C@H](CO)[C@@H](O)C(O)C1O)NC(=O)CCCCCCCCCC. The molecule has 1 aliphatic heterocycles. The van der Waals surface area contributed by atoms with Crippen LogP contribution < -0.4 is 5.32 Å². The lowest BCUT2D eigenvalue weighted by molar-refractivity contribution is -0.303. The summed E-state index contributed by atoms with van der Waals surface area (Å²) in [6, 6.07) is -0.980. The molecule has 0 bridgehead atoms. The molecule has 7 N–H and O–H groups in total. The first-order chi connectivity index (χ1) is 20.8. The predicted molar refractivity (Wildman–Crippen MR) is 167 cm³/mol. The van der Waals surface area contributed by atoms with Gasteiger partial charge in [-0.3, -0.25) is 4.79 Å². The first kappa shape index (κ1) is 40.2. The summed E-state index contributed by atoms with van der Waals surface area (Å²) in [6.45, 7) is 3.51. The Kier molecular flexibility index (Phi) is 23.7. The van der Waals surface area contributed by atoms with E-state index in [9.17, 15) is 35.4 Å². The zero-order valence-corrected chi connectivity index (χ0v) is 27.1. The van der Waals surface area contributed by atoms with Crippen LogP contribution in [0.15, 0.2) is 0 Å². The van der Waals surface area contributed by atoms with Gasteiger partial charge in [0, 0.05) is 6.42 Å². The summed E-state index contributed by atoms with van der Waals surface area (Å²) >= 11 is 0. The summed E-state index contributed by atoms with van der Waals surface area (Å²) < 4.78 is 11.0. The number of carbonyl (C=O) groups is 1. The van der Waals surface area contributed by atoms with E-state index in [1.807, 2.05) is 0 Å². The van der Waals surface area contributed by atoms with Crippen molar-refractivity contribution in [2.75, 3.05) is 13.2 Å². The van der Waals surface area contributed by atoms with Gasteiger partial charge in [0.25, 0.3) is 0 Å². The van der Waals surface area contributed by atoms with Gasteiger partial charge in [-0.1, -0.05) is 123 Å². The second kappa shape index (κ2) is 25.4. The molecule has 256 valence electrons. The molecule has 0 aromatic carbocycles. The van der Waals surface area contributed by atoms with Crippen molar-refractivity contribution in [2.45, 2.75) is 191 Å². The van der Waals surface area contributed by atoms with Crippen molar-refractivity contribution >= 4 is 5.91 Å². The Balaban J connectivity index is 2.57. The molecule has 1 amide bonds. The van der Waals surface area contributed by atoms with Crippen LogP contribution in [-0.2, 0) is 14.3 Å². The van der Waals surface area contributed by atoms with Gasteiger partial charge in [0.05, 0.1) is 25.4 Å². The number of unbranched alkanes of at least 4 members (excludes halogenated alkanes) is 16. The van der Waals surface area contributed by atoms with Crippen LogP contribution in [-0.4, -0.2) is 98.7 Å². The summed E-state index contributed by atoms with van der Waals surface area (Å²) in [6.07, 6.45) is 11.4. The fourth-order valence-electron chi connectivity index (χ4n) is 5.61. The van der Waals surface area contributed by atoms with Crippen molar-refractivity contribution in [3.63, 3.8) is 0 Å². The highest BCUT2D eigenvalue weighted by atomic mass is 16.7. The average molecular weight is 620 g/mol. The van der Waals surface area contributed by atoms with Crippen molar-refractivity contribution in [2.24, 2.45) is 0 Å². The molecular weight excluding hydrogens is 554 g/mol. The Morgan fingerprint density at radius 3 is 1.72 bits per heavy atom. The second-order valence-electron chi connectivity index (χ2n) is 12.5. The molecular formula is C33H65NO9. The zero-order chi connectivity index (χ0) is 31.9. The number of aliphatic hydroxyl groups is 6. The molecule has 1 aliphatic rings. The fraction of sp³-hybridized carbons (Fsp3) is 0.970. The molecule has 0 radical (unpaired) electrons. The van der Waals surface area contributed by atoms with Gasteiger partial charge in [-0.15, -0.1) is 0 Å². The molecule has 2 unspecified atom stereocenters. The molecule has 0 aromatic rings. The van der Waals surface area contributed by atoms with Crippen LogP contribution in [0.2, 0.25) is 0 Å². The minimum absolute atomic E-state index is 0.265. The van der Waals surface area contributed by atoms with E-state index in [-0.39, 0.29) is 18.9 Å². The minimum atomic E-state index is -1.60. The molecule has 8 atom stereocenters. The summed E-state index contributed by atoms with van der Waals surface area (Å²) in [5, 5.41) is 64.4. The van der Waals surface area contributed by atoms with E-state index in [0.29, 0.717) is 6.42 Å². The van der Waals surface area contributed by atoms with E-state index in [1.165, 1.54) is 64.2 Å². The summed E-state index contributed by atoms with van der Waals surface area (Å²) in [7, 11) is 0. The van der Waals surface area contributed by atoms with Crippen LogP contribution in [0.5, 0.6) is 0 Å². The van der Waals surface area contributed by atoms with Crippen LogP contribution in [0.1, 0.15) is 142 Å². The molecule has 0 saturated carbocycles. The molecule has 0 aromatic heterocycles. The molecule has 1 rings (SSSR count).